The number of carbonyl (C=O) groups excluding carboxylic acids is 2. The number of nitrogens with one attached hydrogen (secondary N) is 2. The van der Waals surface area contributed by atoms with E-state index in [1.54, 1.807) is 31.1 Å². The molecule has 0 bridgehead atoms. The van der Waals surface area contributed by atoms with E-state index in [4.69, 9.17) is 0 Å². The molecule has 0 aliphatic carbocycles. The highest BCUT2D eigenvalue weighted by molar-refractivity contribution is 5.89. The van der Waals surface area contributed by atoms with Crippen molar-refractivity contribution >= 4 is 17.6 Å². The highest BCUT2D eigenvalue weighted by Crippen LogP contribution is 2.10. The summed E-state index contributed by atoms with van der Waals surface area (Å²) in [7, 11) is 3.46. The smallest absolute Gasteiger partial charge is 0.319 e. The molecule has 19 heavy (non-hydrogen) atoms. The molecule has 5 nitrogen and oxygen atoms in total. The first-order valence-corrected chi connectivity index (χ1v) is 6.37. The lowest BCUT2D eigenvalue weighted by molar-refractivity contribution is -0.127. The number of anilines is 1. The number of nitrogens with zero attached hydrogens (tertiary/aromatic N) is 1. The molecule has 3 amide bonds. The number of carbonyl (C=O) groups is 2. The number of hydrogen-bond acceptors (Lipinski definition) is 2. The van der Waals surface area contributed by atoms with Crippen molar-refractivity contribution in [1.82, 2.24) is 10.2 Å². The fraction of sp³-hybridized carbons (Fsp3) is 0.429. The van der Waals surface area contributed by atoms with Crippen molar-refractivity contribution in [3.8, 4) is 0 Å². The van der Waals surface area contributed by atoms with Crippen LogP contribution < -0.4 is 10.6 Å². The molecule has 1 rings (SSSR count). The Kier molecular flexibility index (Phi) is 5.85. The predicted molar refractivity (Wildman–Crippen MR) is 76.2 cm³/mol. The Hall–Kier alpha value is -2.04. The van der Waals surface area contributed by atoms with Crippen LogP contribution >= 0.6 is 0 Å². The van der Waals surface area contributed by atoms with Crippen molar-refractivity contribution in [3.05, 3.63) is 29.8 Å². The van der Waals surface area contributed by atoms with E-state index in [2.05, 4.69) is 10.6 Å². The van der Waals surface area contributed by atoms with Crippen LogP contribution in [0.15, 0.2) is 24.3 Å². The molecule has 5 heteroatoms. The van der Waals surface area contributed by atoms with Gasteiger partial charge in [-0.15, -0.1) is 0 Å². The monoisotopic (exact) mass is 263 g/mol. The van der Waals surface area contributed by atoms with E-state index in [-0.39, 0.29) is 11.9 Å². The number of benzene rings is 1. The Labute approximate surface area is 114 Å². The lowest BCUT2D eigenvalue weighted by Crippen LogP contribution is -2.29. The quantitative estimate of drug-likeness (QED) is 0.851. The lowest BCUT2D eigenvalue weighted by atomic mass is 10.1. The SMILES string of the molecule is CCCNC(=O)Nc1ccc(CC(=O)N(C)C)cc1. The second-order valence-corrected chi connectivity index (χ2v) is 4.54. The van der Waals surface area contributed by atoms with Gasteiger partial charge in [-0.25, -0.2) is 4.79 Å². The molecule has 0 unspecified atom stereocenters. The maximum atomic E-state index is 11.5. The third-order valence-corrected chi connectivity index (χ3v) is 2.60. The molecule has 2 N–H and O–H groups in total. The van der Waals surface area contributed by atoms with E-state index in [0.717, 1.165) is 17.7 Å². The lowest BCUT2D eigenvalue weighted by Gasteiger charge is -2.11. The van der Waals surface area contributed by atoms with Crippen molar-refractivity contribution in [2.75, 3.05) is 26.0 Å². The van der Waals surface area contributed by atoms with Crippen LogP contribution in [0.4, 0.5) is 10.5 Å². The number of rotatable bonds is 5. The second-order valence-electron chi connectivity index (χ2n) is 4.54. The highest BCUT2D eigenvalue weighted by Gasteiger charge is 2.06. The van der Waals surface area contributed by atoms with Gasteiger partial charge >= 0.3 is 6.03 Å². The van der Waals surface area contributed by atoms with Crippen molar-refractivity contribution in [2.24, 2.45) is 0 Å². The minimum atomic E-state index is -0.209. The van der Waals surface area contributed by atoms with E-state index in [1.165, 1.54) is 0 Å². The van der Waals surface area contributed by atoms with E-state index >= 15 is 0 Å². The summed E-state index contributed by atoms with van der Waals surface area (Å²) >= 11 is 0. The largest absolute Gasteiger partial charge is 0.349 e. The average molecular weight is 263 g/mol. The molecule has 0 fully saturated rings. The standard InChI is InChI=1S/C14H21N3O2/c1-4-9-15-14(19)16-12-7-5-11(6-8-12)10-13(18)17(2)3/h5-8H,4,9-10H2,1-3H3,(H2,15,16,19). The maximum Gasteiger partial charge on any atom is 0.319 e. The van der Waals surface area contributed by atoms with Gasteiger partial charge in [0.05, 0.1) is 6.42 Å². The maximum absolute atomic E-state index is 11.5. The van der Waals surface area contributed by atoms with Crippen LogP contribution in [0.5, 0.6) is 0 Å². The van der Waals surface area contributed by atoms with Gasteiger partial charge < -0.3 is 15.5 Å². The summed E-state index contributed by atoms with van der Waals surface area (Å²) in [5.74, 6) is 0.0569. The van der Waals surface area contributed by atoms with Crippen LogP contribution in [0.25, 0.3) is 0 Å². The molecular weight excluding hydrogens is 242 g/mol. The number of urea groups is 1. The molecule has 0 atom stereocenters. The first kappa shape index (κ1) is 15.0. The van der Waals surface area contributed by atoms with Crippen LogP contribution in [0, 0.1) is 0 Å². The minimum absolute atomic E-state index is 0.0569. The van der Waals surface area contributed by atoms with Gasteiger partial charge in [0.1, 0.15) is 0 Å². The number of likely N-dealkylation sites (N-methyl/N-ethyl adjacent to an activating group) is 1. The van der Waals surface area contributed by atoms with Crippen LogP contribution in [-0.4, -0.2) is 37.5 Å². The Balaban J connectivity index is 2.52. The summed E-state index contributed by atoms with van der Waals surface area (Å²) in [6.45, 7) is 2.65. The fourth-order valence-corrected chi connectivity index (χ4v) is 1.45. The van der Waals surface area contributed by atoms with Gasteiger partial charge in [0.25, 0.3) is 0 Å². The summed E-state index contributed by atoms with van der Waals surface area (Å²) in [6.07, 6.45) is 1.27. The molecule has 0 spiro atoms. The molecule has 0 aromatic heterocycles. The molecule has 0 saturated heterocycles. The third kappa shape index (κ3) is 5.42. The third-order valence-electron chi connectivity index (χ3n) is 2.60. The van der Waals surface area contributed by atoms with Crippen LogP contribution in [0.1, 0.15) is 18.9 Å². The molecule has 1 aromatic rings. The van der Waals surface area contributed by atoms with Gasteiger partial charge in [0.2, 0.25) is 5.91 Å². The van der Waals surface area contributed by atoms with E-state index in [1.807, 2.05) is 19.1 Å². The van der Waals surface area contributed by atoms with Gasteiger partial charge in [-0.1, -0.05) is 19.1 Å². The van der Waals surface area contributed by atoms with Crippen LogP contribution in [0.3, 0.4) is 0 Å². The first-order valence-electron chi connectivity index (χ1n) is 6.37. The molecular formula is C14H21N3O2. The van der Waals surface area contributed by atoms with Crippen LogP contribution in [-0.2, 0) is 11.2 Å². The zero-order chi connectivity index (χ0) is 14.3. The highest BCUT2D eigenvalue weighted by atomic mass is 16.2. The normalized spacial score (nSPS) is 9.84. The first-order chi connectivity index (χ1) is 9.02. The molecule has 0 heterocycles. The summed E-state index contributed by atoms with van der Waals surface area (Å²) in [6, 6.07) is 7.07. The Bertz CT molecular complexity index is 427. The number of hydrogen-bond donors (Lipinski definition) is 2. The average Bonchev–Trinajstić information content (AvgIpc) is 2.38. The molecule has 0 aliphatic heterocycles. The molecule has 104 valence electrons. The molecule has 1 aromatic carbocycles. The summed E-state index contributed by atoms with van der Waals surface area (Å²) in [5, 5.41) is 5.47. The van der Waals surface area contributed by atoms with Crippen molar-refractivity contribution in [1.29, 1.82) is 0 Å². The van der Waals surface area contributed by atoms with Crippen molar-refractivity contribution in [2.45, 2.75) is 19.8 Å². The molecule has 0 radical (unpaired) electrons. The summed E-state index contributed by atoms with van der Waals surface area (Å²) < 4.78 is 0. The Morgan fingerprint density at radius 1 is 1.16 bits per heavy atom. The van der Waals surface area contributed by atoms with Crippen LogP contribution in [0.2, 0.25) is 0 Å². The number of amides is 3. The zero-order valence-electron chi connectivity index (χ0n) is 11.7. The molecule has 0 aliphatic rings. The van der Waals surface area contributed by atoms with E-state index < -0.39 is 0 Å². The topological polar surface area (TPSA) is 61.4 Å². The predicted octanol–water partition coefficient (Wildman–Crippen LogP) is 1.85. The zero-order valence-corrected chi connectivity index (χ0v) is 11.7. The van der Waals surface area contributed by atoms with E-state index in [9.17, 15) is 9.59 Å². The Morgan fingerprint density at radius 2 is 1.79 bits per heavy atom. The van der Waals surface area contributed by atoms with Gasteiger partial charge in [0.15, 0.2) is 0 Å². The Morgan fingerprint density at radius 3 is 2.32 bits per heavy atom. The van der Waals surface area contributed by atoms with Gasteiger partial charge in [-0.2, -0.15) is 0 Å². The molecule has 0 saturated carbocycles. The summed E-state index contributed by atoms with van der Waals surface area (Å²) in [4.78, 5) is 24.5. The minimum Gasteiger partial charge on any atom is -0.349 e. The fourth-order valence-electron chi connectivity index (χ4n) is 1.45. The van der Waals surface area contributed by atoms with Crippen molar-refractivity contribution in [3.63, 3.8) is 0 Å². The van der Waals surface area contributed by atoms with Gasteiger partial charge in [-0.3, -0.25) is 4.79 Å². The summed E-state index contributed by atoms with van der Waals surface area (Å²) in [5.41, 5.74) is 1.65. The van der Waals surface area contributed by atoms with Gasteiger partial charge in [-0.05, 0) is 24.1 Å². The van der Waals surface area contributed by atoms with Gasteiger partial charge in [0, 0.05) is 26.3 Å². The van der Waals surface area contributed by atoms with Crippen molar-refractivity contribution < 1.29 is 9.59 Å². The second kappa shape index (κ2) is 7.41. The van der Waals surface area contributed by atoms with E-state index in [0.29, 0.717) is 13.0 Å².